The molecule has 1 N–H and O–H groups in total. The molecule has 10 heteroatoms. The number of rotatable bonds is 9. The van der Waals surface area contributed by atoms with Crippen molar-refractivity contribution in [2.75, 3.05) is 53.0 Å². The van der Waals surface area contributed by atoms with Crippen LogP contribution in [0.5, 0.6) is 0 Å². The monoisotopic (exact) mass is 485 g/mol. The lowest BCUT2D eigenvalue weighted by Gasteiger charge is -2.39. The number of nitrogens with zero attached hydrogens (tertiary/aromatic N) is 2. The van der Waals surface area contributed by atoms with E-state index < -0.39 is 14.6 Å². The summed E-state index contributed by atoms with van der Waals surface area (Å²) in [5.74, 6) is -0.368. The van der Waals surface area contributed by atoms with Crippen LogP contribution in [0.25, 0.3) is 0 Å². The van der Waals surface area contributed by atoms with Gasteiger partial charge in [0.25, 0.3) is 0 Å². The Hall–Kier alpha value is -1.68. The average molecular weight is 486 g/mol. The van der Waals surface area contributed by atoms with Gasteiger partial charge < -0.3 is 15.0 Å². The normalized spacial score (nSPS) is 19.1. The molecule has 32 heavy (non-hydrogen) atoms. The van der Waals surface area contributed by atoms with E-state index in [4.69, 9.17) is 16.3 Å². The first-order valence-corrected chi connectivity index (χ1v) is 12.9. The molecule has 8 nitrogen and oxygen atoms in total. The summed E-state index contributed by atoms with van der Waals surface area (Å²) in [7, 11) is -2.23. The molecule has 1 heterocycles. The number of benzene rings is 1. The van der Waals surface area contributed by atoms with Crippen molar-refractivity contribution in [2.45, 2.75) is 41.7 Å². The summed E-state index contributed by atoms with van der Waals surface area (Å²) < 4.78 is 30.6. The molecule has 1 aromatic rings. The molecule has 1 saturated heterocycles. The zero-order chi connectivity index (χ0) is 23.2. The molecule has 2 amide bonds. The van der Waals surface area contributed by atoms with Crippen LogP contribution < -0.4 is 5.32 Å². The summed E-state index contributed by atoms with van der Waals surface area (Å²) in [5.41, 5.74) is 0. The molecular formula is C22H32ClN3O5S. The summed E-state index contributed by atoms with van der Waals surface area (Å²) in [4.78, 5) is 29.4. The predicted molar refractivity (Wildman–Crippen MR) is 122 cm³/mol. The Labute approximate surface area is 195 Å². The first-order chi connectivity index (χ1) is 15.3. The molecular weight excluding hydrogens is 454 g/mol. The van der Waals surface area contributed by atoms with Gasteiger partial charge >= 0.3 is 0 Å². The highest BCUT2D eigenvalue weighted by Crippen LogP contribution is 2.42. The van der Waals surface area contributed by atoms with E-state index in [0.29, 0.717) is 70.0 Å². The quantitative estimate of drug-likeness (QED) is 0.535. The second-order valence-electron chi connectivity index (χ2n) is 8.42. The number of hydrogen-bond acceptors (Lipinski definition) is 6. The van der Waals surface area contributed by atoms with Gasteiger partial charge in [-0.05, 0) is 43.5 Å². The number of ether oxygens (including phenoxy) is 1. The Kier molecular flexibility index (Phi) is 8.55. The maximum atomic E-state index is 13.6. The first kappa shape index (κ1) is 25.0. The minimum Gasteiger partial charge on any atom is -0.385 e. The van der Waals surface area contributed by atoms with Crippen LogP contribution in [0.15, 0.2) is 29.2 Å². The summed E-state index contributed by atoms with van der Waals surface area (Å²) in [6, 6.07) is 6.05. The molecule has 0 radical (unpaired) electrons. The number of halogens is 1. The van der Waals surface area contributed by atoms with E-state index in [0.717, 1.165) is 6.42 Å². The number of amides is 2. The van der Waals surface area contributed by atoms with Crippen LogP contribution in [0.1, 0.15) is 32.1 Å². The van der Waals surface area contributed by atoms with Crippen molar-refractivity contribution in [3.05, 3.63) is 29.3 Å². The van der Waals surface area contributed by atoms with Gasteiger partial charge in [0, 0.05) is 51.5 Å². The summed E-state index contributed by atoms with van der Waals surface area (Å²) in [6.07, 6.45) is 2.85. The number of sulfone groups is 1. The molecule has 1 saturated carbocycles. The lowest BCUT2D eigenvalue weighted by atomic mass is 10.0. The van der Waals surface area contributed by atoms with Crippen molar-refractivity contribution in [3.63, 3.8) is 0 Å². The smallest absolute Gasteiger partial charge is 0.244 e. The highest BCUT2D eigenvalue weighted by molar-refractivity contribution is 7.93. The van der Waals surface area contributed by atoms with Gasteiger partial charge in [-0.3, -0.25) is 14.5 Å². The number of piperazine rings is 1. The third kappa shape index (κ3) is 5.44. The number of carbonyl (C=O) groups is 2. The molecule has 0 bridgehead atoms. The third-order valence-electron chi connectivity index (χ3n) is 6.31. The van der Waals surface area contributed by atoms with Gasteiger partial charge in [-0.2, -0.15) is 0 Å². The van der Waals surface area contributed by atoms with Crippen molar-refractivity contribution in [2.24, 2.45) is 0 Å². The average Bonchev–Trinajstić information content (AvgIpc) is 3.29. The largest absolute Gasteiger partial charge is 0.385 e. The number of methoxy groups -OCH3 is 1. The van der Waals surface area contributed by atoms with Crippen molar-refractivity contribution >= 4 is 33.3 Å². The van der Waals surface area contributed by atoms with Gasteiger partial charge in [-0.1, -0.05) is 24.4 Å². The molecule has 0 atom stereocenters. The van der Waals surface area contributed by atoms with Crippen molar-refractivity contribution in [1.82, 2.24) is 15.1 Å². The lowest BCUT2D eigenvalue weighted by Crippen LogP contribution is -2.58. The molecule has 1 aromatic carbocycles. The van der Waals surface area contributed by atoms with Gasteiger partial charge in [0.1, 0.15) is 0 Å². The van der Waals surface area contributed by atoms with Gasteiger partial charge in [-0.15, -0.1) is 0 Å². The zero-order valence-corrected chi connectivity index (χ0v) is 20.1. The second-order valence-corrected chi connectivity index (χ2v) is 11.1. The van der Waals surface area contributed by atoms with E-state index in [1.54, 1.807) is 24.1 Å². The van der Waals surface area contributed by atoms with Gasteiger partial charge in [-0.25, -0.2) is 8.42 Å². The zero-order valence-electron chi connectivity index (χ0n) is 18.5. The van der Waals surface area contributed by atoms with Gasteiger partial charge in [0.05, 0.1) is 11.4 Å². The molecule has 0 spiro atoms. The Morgan fingerprint density at radius 2 is 1.72 bits per heavy atom. The van der Waals surface area contributed by atoms with Crippen molar-refractivity contribution in [1.29, 1.82) is 0 Å². The third-order valence-corrected chi connectivity index (χ3v) is 9.07. The molecule has 0 aromatic heterocycles. The maximum Gasteiger partial charge on any atom is 0.244 e. The van der Waals surface area contributed by atoms with Crippen LogP contribution in [-0.2, 0) is 24.2 Å². The minimum absolute atomic E-state index is 0.0570. The van der Waals surface area contributed by atoms with Crippen LogP contribution in [0.2, 0.25) is 5.02 Å². The van der Waals surface area contributed by atoms with E-state index >= 15 is 0 Å². The fraction of sp³-hybridized carbons (Fsp3) is 0.636. The van der Waals surface area contributed by atoms with Crippen molar-refractivity contribution < 1.29 is 22.7 Å². The summed E-state index contributed by atoms with van der Waals surface area (Å²) in [5, 5.41) is 3.32. The van der Waals surface area contributed by atoms with Crippen LogP contribution in [0.4, 0.5) is 0 Å². The Morgan fingerprint density at radius 3 is 2.31 bits per heavy atom. The molecule has 2 fully saturated rings. The van der Waals surface area contributed by atoms with E-state index in [1.165, 1.54) is 12.1 Å². The Morgan fingerprint density at radius 1 is 1.09 bits per heavy atom. The molecule has 178 valence electrons. The fourth-order valence-electron chi connectivity index (χ4n) is 4.48. The van der Waals surface area contributed by atoms with E-state index in [1.807, 2.05) is 4.90 Å². The molecule has 2 aliphatic rings. The molecule has 1 aliphatic carbocycles. The van der Waals surface area contributed by atoms with E-state index in [2.05, 4.69) is 5.32 Å². The first-order valence-electron chi connectivity index (χ1n) is 11.1. The van der Waals surface area contributed by atoms with E-state index in [-0.39, 0.29) is 23.3 Å². The standard InChI is InChI=1S/C22H32ClN3O5S/c1-31-16-4-11-24-20(27)17-25-12-14-26(15-13-25)21(28)22(9-2-3-10-22)32(29,30)19-7-5-18(23)6-8-19/h5-8H,2-4,9-17H2,1H3,(H,24,27). The molecule has 3 rings (SSSR count). The fourth-order valence-corrected chi connectivity index (χ4v) is 6.74. The van der Waals surface area contributed by atoms with Gasteiger partial charge in [0.15, 0.2) is 14.6 Å². The Balaban J connectivity index is 1.62. The highest BCUT2D eigenvalue weighted by Gasteiger charge is 2.54. The highest BCUT2D eigenvalue weighted by atomic mass is 35.5. The lowest BCUT2D eigenvalue weighted by molar-refractivity contribution is -0.136. The topological polar surface area (TPSA) is 96.0 Å². The predicted octanol–water partition coefficient (Wildman–Crippen LogP) is 1.72. The van der Waals surface area contributed by atoms with Crippen LogP contribution in [0.3, 0.4) is 0 Å². The maximum absolute atomic E-state index is 13.6. The SMILES string of the molecule is COCCCNC(=O)CN1CCN(C(=O)C2(S(=O)(=O)c3ccc(Cl)cc3)CCCC2)CC1. The molecule has 1 aliphatic heterocycles. The minimum atomic E-state index is -3.85. The van der Waals surface area contributed by atoms with E-state index in [9.17, 15) is 18.0 Å². The Bertz CT molecular complexity index is 893. The summed E-state index contributed by atoms with van der Waals surface area (Å²) >= 11 is 5.92. The summed E-state index contributed by atoms with van der Waals surface area (Å²) in [6.45, 7) is 3.32. The van der Waals surface area contributed by atoms with Crippen molar-refractivity contribution in [3.8, 4) is 0 Å². The number of hydrogen-bond donors (Lipinski definition) is 1. The number of nitrogens with one attached hydrogen (secondary N) is 1. The second kappa shape index (κ2) is 11.0. The molecule has 0 unspecified atom stereocenters. The van der Waals surface area contributed by atoms with Gasteiger partial charge in [0.2, 0.25) is 11.8 Å². The van der Waals surface area contributed by atoms with Crippen LogP contribution in [0, 0.1) is 0 Å². The number of carbonyl (C=O) groups excluding carboxylic acids is 2. The van der Waals surface area contributed by atoms with Crippen LogP contribution >= 0.6 is 11.6 Å². The van der Waals surface area contributed by atoms with Crippen LogP contribution in [-0.4, -0.2) is 87.8 Å².